The Bertz CT molecular complexity index is 981. The minimum atomic E-state index is -0.341. The molecule has 7 nitrogen and oxygen atoms in total. The maximum atomic E-state index is 12.7. The van der Waals surface area contributed by atoms with E-state index in [0.717, 1.165) is 17.8 Å². The molecule has 4 rings (SSSR count). The first kappa shape index (κ1) is 18.4. The number of carbonyl (C=O) groups excluding carboxylic acids is 2. The second kappa shape index (κ2) is 7.93. The van der Waals surface area contributed by atoms with Gasteiger partial charge in [-0.05, 0) is 12.0 Å². The molecule has 8 heteroatoms. The highest BCUT2D eigenvalue weighted by atomic mass is 32.1. The quantitative estimate of drug-likeness (QED) is 0.695. The van der Waals surface area contributed by atoms with Crippen molar-refractivity contribution >= 4 is 28.3 Å². The molecule has 3 aromatic rings. The minimum absolute atomic E-state index is 0.101. The molecule has 1 atom stereocenters. The van der Waals surface area contributed by atoms with Crippen LogP contribution in [0.4, 0.5) is 5.13 Å². The molecule has 3 heterocycles. The van der Waals surface area contributed by atoms with Gasteiger partial charge in [-0.1, -0.05) is 30.3 Å². The summed E-state index contributed by atoms with van der Waals surface area (Å²) in [5.41, 5.74) is 1.63. The molecule has 2 aromatic heterocycles. The highest BCUT2D eigenvalue weighted by Crippen LogP contribution is 2.26. The van der Waals surface area contributed by atoms with Gasteiger partial charge in [0, 0.05) is 37.8 Å². The Hall–Kier alpha value is -3.00. The molecule has 1 saturated heterocycles. The normalized spacial score (nSPS) is 15.0. The van der Waals surface area contributed by atoms with Crippen molar-refractivity contribution in [3.05, 3.63) is 65.2 Å². The molecule has 0 saturated carbocycles. The van der Waals surface area contributed by atoms with Crippen LogP contribution in [0.15, 0.2) is 48.1 Å². The van der Waals surface area contributed by atoms with E-state index < -0.39 is 0 Å². The van der Waals surface area contributed by atoms with Gasteiger partial charge in [0.1, 0.15) is 11.9 Å². The molecule has 0 radical (unpaired) electrons. The summed E-state index contributed by atoms with van der Waals surface area (Å²) in [4.78, 5) is 35.2. The summed E-state index contributed by atoms with van der Waals surface area (Å²) < 4.78 is 1.90. The molecule has 28 heavy (non-hydrogen) atoms. The number of nitrogens with one attached hydrogen (secondary N) is 1. The van der Waals surface area contributed by atoms with Gasteiger partial charge in [0.2, 0.25) is 11.8 Å². The average Bonchev–Trinajstić information content (AvgIpc) is 3.42. The predicted octanol–water partition coefficient (Wildman–Crippen LogP) is 2.45. The molecular weight excluding hydrogens is 374 g/mol. The van der Waals surface area contributed by atoms with Crippen molar-refractivity contribution < 1.29 is 9.59 Å². The Morgan fingerprint density at radius 2 is 2.14 bits per heavy atom. The number of amides is 2. The molecule has 0 bridgehead atoms. The van der Waals surface area contributed by atoms with Crippen molar-refractivity contribution in [2.45, 2.75) is 25.3 Å². The fraction of sp³-hybridized carbons (Fsp3) is 0.300. The van der Waals surface area contributed by atoms with Gasteiger partial charge in [-0.2, -0.15) is 0 Å². The molecule has 0 aliphatic carbocycles. The molecule has 2 amide bonds. The van der Waals surface area contributed by atoms with E-state index in [9.17, 15) is 9.59 Å². The van der Waals surface area contributed by atoms with E-state index in [1.54, 1.807) is 11.1 Å². The number of nitrogens with zero attached hydrogens (tertiary/aromatic N) is 4. The minimum Gasteiger partial charge on any atom is -0.342 e. The van der Waals surface area contributed by atoms with Crippen LogP contribution < -0.4 is 10.2 Å². The number of imidazole rings is 1. The number of anilines is 1. The lowest BCUT2D eigenvalue weighted by Crippen LogP contribution is -2.32. The number of hydrogen-bond acceptors (Lipinski definition) is 5. The summed E-state index contributed by atoms with van der Waals surface area (Å²) in [6.07, 6.45) is 5.16. The van der Waals surface area contributed by atoms with Crippen LogP contribution >= 0.6 is 11.3 Å². The number of thiazole rings is 1. The van der Waals surface area contributed by atoms with Gasteiger partial charge in [0.05, 0.1) is 12.1 Å². The van der Waals surface area contributed by atoms with Crippen LogP contribution in [0.3, 0.4) is 0 Å². The summed E-state index contributed by atoms with van der Waals surface area (Å²) in [6, 6.07) is 9.43. The lowest BCUT2D eigenvalue weighted by molar-refractivity contribution is -0.121. The van der Waals surface area contributed by atoms with Crippen LogP contribution in [0.2, 0.25) is 0 Å². The zero-order valence-electron chi connectivity index (χ0n) is 15.5. The number of rotatable bonds is 6. The van der Waals surface area contributed by atoms with Gasteiger partial charge in [-0.25, -0.2) is 9.97 Å². The molecule has 1 fully saturated rings. The third kappa shape index (κ3) is 3.82. The van der Waals surface area contributed by atoms with E-state index in [0.29, 0.717) is 23.8 Å². The second-order valence-electron chi connectivity index (χ2n) is 6.75. The first-order chi connectivity index (χ1) is 13.6. The first-order valence-corrected chi connectivity index (χ1v) is 10.1. The molecule has 144 valence electrons. The molecule has 1 aliphatic heterocycles. The summed E-state index contributed by atoms with van der Waals surface area (Å²) in [6.45, 7) is 0.702. The van der Waals surface area contributed by atoms with Crippen molar-refractivity contribution in [3.8, 4) is 0 Å². The fourth-order valence-corrected chi connectivity index (χ4v) is 4.19. The second-order valence-corrected chi connectivity index (χ2v) is 7.59. The number of aromatic nitrogens is 3. The third-order valence-corrected chi connectivity index (χ3v) is 5.65. The van der Waals surface area contributed by atoms with Gasteiger partial charge in [-0.3, -0.25) is 14.5 Å². The van der Waals surface area contributed by atoms with Crippen LogP contribution in [-0.2, 0) is 23.1 Å². The SMILES string of the molecule is Cn1ccnc1C(NC(=O)Cc1csc(N2CCCC2=O)n1)c1ccccc1. The number of benzene rings is 1. The maximum Gasteiger partial charge on any atom is 0.228 e. The van der Waals surface area contributed by atoms with Crippen molar-refractivity contribution in [1.82, 2.24) is 19.9 Å². The third-order valence-electron chi connectivity index (χ3n) is 4.74. The predicted molar refractivity (Wildman–Crippen MR) is 107 cm³/mol. The molecule has 1 unspecified atom stereocenters. The molecular formula is C20H21N5O2S. The Kier molecular flexibility index (Phi) is 5.21. The maximum absolute atomic E-state index is 12.7. The van der Waals surface area contributed by atoms with Crippen LogP contribution in [0.1, 0.15) is 36.0 Å². The van der Waals surface area contributed by atoms with Crippen molar-refractivity contribution in [2.75, 3.05) is 11.4 Å². The average molecular weight is 395 g/mol. The zero-order valence-corrected chi connectivity index (χ0v) is 16.4. The van der Waals surface area contributed by atoms with Gasteiger partial charge in [-0.15, -0.1) is 11.3 Å². The van der Waals surface area contributed by atoms with Crippen molar-refractivity contribution in [1.29, 1.82) is 0 Å². The number of aryl methyl sites for hydroxylation is 1. The Balaban J connectivity index is 1.49. The topological polar surface area (TPSA) is 80.1 Å². The van der Waals surface area contributed by atoms with Crippen molar-refractivity contribution in [2.24, 2.45) is 7.05 Å². The first-order valence-electron chi connectivity index (χ1n) is 9.18. The Labute approximate surface area is 167 Å². The highest BCUT2D eigenvalue weighted by molar-refractivity contribution is 7.14. The van der Waals surface area contributed by atoms with E-state index in [2.05, 4.69) is 15.3 Å². The standard InChI is InChI=1S/C20H21N5O2S/c1-24-11-9-21-19(24)18(14-6-3-2-4-7-14)23-16(26)12-15-13-28-20(22-15)25-10-5-8-17(25)27/h2-4,6-7,9,11,13,18H,5,8,10,12H2,1H3,(H,23,26). The smallest absolute Gasteiger partial charge is 0.228 e. The summed E-state index contributed by atoms with van der Waals surface area (Å²) >= 11 is 1.41. The summed E-state index contributed by atoms with van der Waals surface area (Å²) in [5, 5.41) is 5.60. The van der Waals surface area contributed by atoms with Crippen LogP contribution in [0.25, 0.3) is 0 Å². The monoisotopic (exact) mass is 395 g/mol. The van der Waals surface area contributed by atoms with E-state index in [1.165, 1.54) is 11.3 Å². The van der Waals surface area contributed by atoms with Crippen LogP contribution in [-0.4, -0.2) is 32.9 Å². The fourth-order valence-electron chi connectivity index (χ4n) is 3.33. The zero-order chi connectivity index (χ0) is 19.5. The van der Waals surface area contributed by atoms with Gasteiger partial charge in [0.15, 0.2) is 5.13 Å². The van der Waals surface area contributed by atoms with Gasteiger partial charge >= 0.3 is 0 Å². The van der Waals surface area contributed by atoms with Crippen LogP contribution in [0.5, 0.6) is 0 Å². The summed E-state index contributed by atoms with van der Waals surface area (Å²) in [7, 11) is 1.91. The molecule has 1 N–H and O–H groups in total. The Morgan fingerprint density at radius 3 is 2.82 bits per heavy atom. The molecule has 0 spiro atoms. The Morgan fingerprint density at radius 1 is 1.32 bits per heavy atom. The highest BCUT2D eigenvalue weighted by Gasteiger charge is 2.25. The van der Waals surface area contributed by atoms with Crippen molar-refractivity contribution in [3.63, 3.8) is 0 Å². The van der Waals surface area contributed by atoms with E-state index in [1.807, 2.05) is 53.5 Å². The molecule has 1 aromatic carbocycles. The van der Waals surface area contributed by atoms with E-state index in [4.69, 9.17) is 0 Å². The van der Waals surface area contributed by atoms with Crippen LogP contribution in [0, 0.1) is 0 Å². The number of carbonyl (C=O) groups is 2. The number of hydrogen-bond donors (Lipinski definition) is 1. The van der Waals surface area contributed by atoms with Gasteiger partial charge < -0.3 is 9.88 Å². The van der Waals surface area contributed by atoms with E-state index >= 15 is 0 Å². The van der Waals surface area contributed by atoms with E-state index in [-0.39, 0.29) is 24.3 Å². The molecule has 1 aliphatic rings. The lowest BCUT2D eigenvalue weighted by atomic mass is 10.1. The summed E-state index contributed by atoms with van der Waals surface area (Å²) in [5.74, 6) is 0.729. The van der Waals surface area contributed by atoms with Gasteiger partial charge in [0.25, 0.3) is 0 Å². The largest absolute Gasteiger partial charge is 0.342 e. The lowest BCUT2D eigenvalue weighted by Gasteiger charge is -2.19.